The summed E-state index contributed by atoms with van der Waals surface area (Å²) < 4.78 is 5.11. The van der Waals surface area contributed by atoms with Gasteiger partial charge < -0.3 is 15.2 Å². The summed E-state index contributed by atoms with van der Waals surface area (Å²) in [6, 6.07) is 5.32. The SMILES string of the molecule is CCCNC(=O)c1ccc(C)c(NC(=O)CCc2c(C)noc2C)c1. The molecule has 1 aromatic carbocycles. The van der Waals surface area contributed by atoms with E-state index in [2.05, 4.69) is 15.8 Å². The Kier molecular flexibility index (Phi) is 6.33. The molecule has 0 fully saturated rings. The quantitative estimate of drug-likeness (QED) is 0.808. The second-order valence-electron chi connectivity index (χ2n) is 6.14. The molecule has 0 bridgehead atoms. The summed E-state index contributed by atoms with van der Waals surface area (Å²) in [6.07, 6.45) is 1.78. The Labute approximate surface area is 148 Å². The summed E-state index contributed by atoms with van der Waals surface area (Å²) in [5.41, 5.74) is 3.90. The third kappa shape index (κ3) is 4.92. The number of carbonyl (C=O) groups excluding carboxylic acids is 2. The lowest BCUT2D eigenvalue weighted by molar-refractivity contribution is -0.116. The number of amides is 2. The van der Waals surface area contributed by atoms with Crippen LogP contribution in [0.25, 0.3) is 0 Å². The van der Waals surface area contributed by atoms with Crippen LogP contribution in [0.3, 0.4) is 0 Å². The highest BCUT2D eigenvalue weighted by Gasteiger charge is 2.13. The van der Waals surface area contributed by atoms with Gasteiger partial charge in [-0.25, -0.2) is 0 Å². The van der Waals surface area contributed by atoms with Gasteiger partial charge in [-0.1, -0.05) is 18.1 Å². The van der Waals surface area contributed by atoms with E-state index in [1.54, 1.807) is 12.1 Å². The maximum absolute atomic E-state index is 12.3. The van der Waals surface area contributed by atoms with Gasteiger partial charge in [0, 0.05) is 29.8 Å². The second kappa shape index (κ2) is 8.46. The molecule has 2 rings (SSSR count). The Morgan fingerprint density at radius 2 is 1.96 bits per heavy atom. The first-order chi connectivity index (χ1) is 11.9. The maximum Gasteiger partial charge on any atom is 0.251 e. The van der Waals surface area contributed by atoms with Crippen LogP contribution in [0.4, 0.5) is 5.69 Å². The molecule has 2 aromatic rings. The van der Waals surface area contributed by atoms with Gasteiger partial charge in [-0.15, -0.1) is 0 Å². The van der Waals surface area contributed by atoms with E-state index in [0.717, 1.165) is 29.0 Å². The molecule has 0 aliphatic rings. The van der Waals surface area contributed by atoms with Crippen molar-refractivity contribution in [2.24, 2.45) is 0 Å². The lowest BCUT2D eigenvalue weighted by Gasteiger charge is -2.11. The molecule has 1 aromatic heterocycles. The van der Waals surface area contributed by atoms with Crippen molar-refractivity contribution >= 4 is 17.5 Å². The minimum atomic E-state index is -0.131. The molecule has 0 saturated heterocycles. The molecule has 6 heteroatoms. The highest BCUT2D eigenvalue weighted by molar-refractivity contribution is 5.97. The van der Waals surface area contributed by atoms with Crippen molar-refractivity contribution in [1.29, 1.82) is 0 Å². The average Bonchev–Trinajstić information content (AvgIpc) is 2.91. The zero-order valence-electron chi connectivity index (χ0n) is 15.2. The van der Waals surface area contributed by atoms with Crippen molar-refractivity contribution in [3.8, 4) is 0 Å². The van der Waals surface area contributed by atoms with Crippen molar-refractivity contribution in [2.45, 2.75) is 47.0 Å². The van der Waals surface area contributed by atoms with Crippen LogP contribution in [0.15, 0.2) is 22.7 Å². The lowest BCUT2D eigenvalue weighted by atomic mass is 10.1. The van der Waals surface area contributed by atoms with E-state index in [-0.39, 0.29) is 11.8 Å². The molecule has 0 radical (unpaired) electrons. The highest BCUT2D eigenvalue weighted by Crippen LogP contribution is 2.19. The highest BCUT2D eigenvalue weighted by atomic mass is 16.5. The summed E-state index contributed by atoms with van der Waals surface area (Å²) in [7, 11) is 0. The van der Waals surface area contributed by atoms with Crippen LogP contribution in [0.5, 0.6) is 0 Å². The number of hydrogen-bond donors (Lipinski definition) is 2. The van der Waals surface area contributed by atoms with Gasteiger partial charge >= 0.3 is 0 Å². The summed E-state index contributed by atoms with van der Waals surface area (Å²) in [5, 5.41) is 9.63. The minimum absolute atomic E-state index is 0.103. The van der Waals surface area contributed by atoms with Crippen LogP contribution in [0.2, 0.25) is 0 Å². The van der Waals surface area contributed by atoms with Crippen LogP contribution in [-0.4, -0.2) is 23.5 Å². The first kappa shape index (κ1) is 18.7. The van der Waals surface area contributed by atoms with E-state index in [1.807, 2.05) is 33.8 Å². The largest absolute Gasteiger partial charge is 0.361 e. The average molecular weight is 343 g/mol. The van der Waals surface area contributed by atoms with Gasteiger partial charge in [0.2, 0.25) is 5.91 Å². The van der Waals surface area contributed by atoms with Crippen molar-refractivity contribution in [1.82, 2.24) is 10.5 Å². The van der Waals surface area contributed by atoms with E-state index in [4.69, 9.17) is 4.52 Å². The molecule has 6 nitrogen and oxygen atoms in total. The number of aromatic nitrogens is 1. The Morgan fingerprint density at radius 3 is 2.60 bits per heavy atom. The third-order valence-electron chi connectivity index (χ3n) is 4.09. The molecule has 1 heterocycles. The minimum Gasteiger partial charge on any atom is -0.361 e. The van der Waals surface area contributed by atoms with Crippen molar-refractivity contribution in [3.63, 3.8) is 0 Å². The summed E-state index contributed by atoms with van der Waals surface area (Å²) in [6.45, 7) is 8.24. The molecule has 2 amide bonds. The standard InChI is InChI=1S/C19H25N3O3/c1-5-10-20-19(24)15-7-6-12(2)17(11-15)21-18(23)9-8-16-13(3)22-25-14(16)4/h6-7,11H,5,8-10H2,1-4H3,(H,20,24)(H,21,23). The topological polar surface area (TPSA) is 84.2 Å². The van der Waals surface area contributed by atoms with E-state index in [1.165, 1.54) is 0 Å². The van der Waals surface area contributed by atoms with Crippen LogP contribution >= 0.6 is 0 Å². The number of rotatable bonds is 7. The molecular formula is C19H25N3O3. The number of nitrogens with zero attached hydrogens (tertiary/aromatic N) is 1. The predicted octanol–water partition coefficient (Wildman–Crippen LogP) is 3.31. The van der Waals surface area contributed by atoms with E-state index in [9.17, 15) is 9.59 Å². The molecule has 0 saturated carbocycles. The molecule has 25 heavy (non-hydrogen) atoms. The molecular weight excluding hydrogens is 318 g/mol. The fraction of sp³-hybridized carbons (Fsp3) is 0.421. The smallest absolute Gasteiger partial charge is 0.251 e. The van der Waals surface area contributed by atoms with E-state index in [0.29, 0.717) is 30.6 Å². The van der Waals surface area contributed by atoms with E-state index < -0.39 is 0 Å². The molecule has 0 aliphatic heterocycles. The molecule has 0 unspecified atom stereocenters. The van der Waals surface area contributed by atoms with Gasteiger partial charge in [-0.2, -0.15) is 0 Å². The molecule has 2 N–H and O–H groups in total. The van der Waals surface area contributed by atoms with E-state index >= 15 is 0 Å². The number of carbonyl (C=O) groups is 2. The van der Waals surface area contributed by atoms with Gasteiger partial charge in [-0.3, -0.25) is 9.59 Å². The van der Waals surface area contributed by atoms with Gasteiger partial charge in [0.25, 0.3) is 5.91 Å². The molecule has 0 atom stereocenters. The Bertz CT molecular complexity index is 746. The van der Waals surface area contributed by atoms with Crippen LogP contribution < -0.4 is 10.6 Å². The molecule has 0 aliphatic carbocycles. The van der Waals surface area contributed by atoms with Crippen molar-refractivity contribution in [2.75, 3.05) is 11.9 Å². The fourth-order valence-electron chi connectivity index (χ4n) is 2.55. The molecule has 134 valence electrons. The van der Waals surface area contributed by atoms with Gasteiger partial charge in [0.15, 0.2) is 0 Å². The molecule has 0 spiro atoms. The monoisotopic (exact) mass is 343 g/mol. The van der Waals surface area contributed by atoms with Crippen molar-refractivity contribution in [3.05, 3.63) is 46.3 Å². The number of nitrogens with one attached hydrogen (secondary N) is 2. The second-order valence-corrected chi connectivity index (χ2v) is 6.14. The first-order valence-corrected chi connectivity index (χ1v) is 8.52. The third-order valence-corrected chi connectivity index (χ3v) is 4.09. The van der Waals surface area contributed by atoms with Gasteiger partial charge in [0.1, 0.15) is 5.76 Å². The zero-order valence-corrected chi connectivity index (χ0v) is 15.2. The van der Waals surface area contributed by atoms with Gasteiger partial charge in [0.05, 0.1) is 5.69 Å². The van der Waals surface area contributed by atoms with Crippen LogP contribution in [-0.2, 0) is 11.2 Å². The van der Waals surface area contributed by atoms with Crippen molar-refractivity contribution < 1.29 is 14.1 Å². The van der Waals surface area contributed by atoms with Gasteiger partial charge in [-0.05, 0) is 51.3 Å². The zero-order chi connectivity index (χ0) is 18.4. The number of benzene rings is 1. The lowest BCUT2D eigenvalue weighted by Crippen LogP contribution is -2.24. The van der Waals surface area contributed by atoms with Crippen LogP contribution in [0.1, 0.15) is 52.7 Å². The summed E-state index contributed by atoms with van der Waals surface area (Å²) in [5.74, 6) is 0.512. The fourth-order valence-corrected chi connectivity index (χ4v) is 2.55. The number of aryl methyl sites for hydroxylation is 3. The maximum atomic E-state index is 12.3. The summed E-state index contributed by atoms with van der Waals surface area (Å²) >= 11 is 0. The normalized spacial score (nSPS) is 10.6. The Hall–Kier alpha value is -2.63. The Balaban J connectivity index is 2.01. The first-order valence-electron chi connectivity index (χ1n) is 8.52. The van der Waals surface area contributed by atoms with Crippen LogP contribution in [0, 0.1) is 20.8 Å². The summed E-state index contributed by atoms with van der Waals surface area (Å²) in [4.78, 5) is 24.3. The number of hydrogen-bond acceptors (Lipinski definition) is 4. The predicted molar refractivity (Wildman–Crippen MR) is 96.7 cm³/mol. The number of anilines is 1. The Morgan fingerprint density at radius 1 is 1.20 bits per heavy atom.